The van der Waals surface area contributed by atoms with Crippen LogP contribution in [0.4, 0.5) is 0 Å². The predicted molar refractivity (Wildman–Crippen MR) is 76.1 cm³/mol. The van der Waals surface area contributed by atoms with Gasteiger partial charge in [0.25, 0.3) is 0 Å². The third-order valence-electron chi connectivity index (χ3n) is 2.38. The number of carbonyl (C=O) groups excluding carboxylic acids is 2. The van der Waals surface area contributed by atoms with Crippen LogP contribution >= 0.6 is 0 Å². The molecular weight excluding hydrogens is 296 g/mol. The zero-order valence-corrected chi connectivity index (χ0v) is 13.7. The molecule has 0 saturated carbocycles. The van der Waals surface area contributed by atoms with Crippen molar-refractivity contribution in [1.29, 1.82) is 0 Å². The van der Waals surface area contributed by atoms with Crippen LogP contribution in [0.2, 0.25) is 0 Å². The topological polar surface area (TPSA) is 80.3 Å². The van der Waals surface area contributed by atoms with Crippen molar-refractivity contribution in [2.45, 2.75) is 12.8 Å². The molecule has 2 aromatic carbocycles. The molecule has 0 unspecified atom stereocenters. The van der Waals surface area contributed by atoms with Crippen LogP contribution in [0.5, 0.6) is 0 Å². The van der Waals surface area contributed by atoms with Gasteiger partial charge in [0.1, 0.15) is 0 Å². The summed E-state index contributed by atoms with van der Waals surface area (Å²) in [4.78, 5) is 20.1. The van der Waals surface area contributed by atoms with E-state index >= 15 is 0 Å². The molecule has 0 aliphatic carbocycles. The predicted octanol–water partition coefficient (Wildman–Crippen LogP) is -0.423. The first-order chi connectivity index (χ1) is 9.58. The maximum absolute atomic E-state index is 10.1. The molecule has 0 atom stereocenters. The first kappa shape index (κ1) is 19.6. The number of hydrogen-bond acceptors (Lipinski definition) is 4. The summed E-state index contributed by atoms with van der Waals surface area (Å²) in [7, 11) is 0. The molecule has 104 valence electrons. The first-order valence-corrected chi connectivity index (χ1v) is 6.05. The standard InChI is InChI=1S/2C8H8O2.Ca/c2*9-8(10)6-7-4-2-1-3-5-7;/h2*1-5H,6H2,(H,9,10);/q;;+2/p-2. The maximum Gasteiger partial charge on any atom is 2.00 e. The van der Waals surface area contributed by atoms with Crippen LogP contribution in [-0.4, -0.2) is 49.7 Å². The molecule has 0 spiro atoms. The van der Waals surface area contributed by atoms with Gasteiger partial charge in [-0.2, -0.15) is 0 Å². The summed E-state index contributed by atoms with van der Waals surface area (Å²) in [5.41, 5.74) is 1.56. The SMILES string of the molecule is O=C([O-])Cc1ccccc1.O=C([O-])Cc1ccccc1.[Ca+2]. The van der Waals surface area contributed by atoms with E-state index in [1.54, 1.807) is 48.5 Å². The van der Waals surface area contributed by atoms with E-state index in [9.17, 15) is 19.8 Å². The zero-order chi connectivity index (χ0) is 14.8. The van der Waals surface area contributed by atoms with Crippen LogP contribution in [0.15, 0.2) is 60.7 Å². The van der Waals surface area contributed by atoms with E-state index in [0.717, 1.165) is 11.1 Å². The van der Waals surface area contributed by atoms with Crippen LogP contribution in [0.1, 0.15) is 11.1 Å². The quantitative estimate of drug-likeness (QED) is 0.718. The second-order valence-electron chi connectivity index (χ2n) is 4.07. The minimum Gasteiger partial charge on any atom is -0.550 e. The molecule has 2 aromatic rings. The normalized spacial score (nSPS) is 8.76. The van der Waals surface area contributed by atoms with E-state index in [4.69, 9.17) is 0 Å². The average Bonchev–Trinajstić information content (AvgIpc) is 2.40. The summed E-state index contributed by atoms with van der Waals surface area (Å²) < 4.78 is 0. The van der Waals surface area contributed by atoms with Crippen molar-refractivity contribution in [3.8, 4) is 0 Å². The van der Waals surface area contributed by atoms with Gasteiger partial charge in [0, 0.05) is 24.8 Å². The van der Waals surface area contributed by atoms with Crippen molar-refractivity contribution < 1.29 is 19.8 Å². The van der Waals surface area contributed by atoms with Crippen LogP contribution in [-0.2, 0) is 22.4 Å². The van der Waals surface area contributed by atoms with Gasteiger partial charge in [-0.3, -0.25) is 0 Å². The third kappa shape index (κ3) is 10.1. The van der Waals surface area contributed by atoms with Crippen molar-refractivity contribution in [2.75, 3.05) is 0 Å². The Morgan fingerprint density at radius 1 is 0.667 bits per heavy atom. The Hall–Kier alpha value is -1.36. The van der Waals surface area contributed by atoms with Crippen LogP contribution < -0.4 is 10.2 Å². The Balaban J connectivity index is 0.000000364. The van der Waals surface area contributed by atoms with Crippen LogP contribution in [0, 0.1) is 0 Å². The number of aliphatic carboxylic acids is 2. The van der Waals surface area contributed by atoms with Gasteiger partial charge in [-0.15, -0.1) is 0 Å². The fourth-order valence-electron chi connectivity index (χ4n) is 1.53. The maximum atomic E-state index is 10.1. The number of carboxylic acids is 2. The molecule has 0 heterocycles. The molecule has 0 fully saturated rings. The third-order valence-corrected chi connectivity index (χ3v) is 2.38. The minimum absolute atomic E-state index is 0. The van der Waals surface area contributed by atoms with Gasteiger partial charge < -0.3 is 19.8 Å². The van der Waals surface area contributed by atoms with Crippen molar-refractivity contribution in [3.63, 3.8) is 0 Å². The van der Waals surface area contributed by atoms with Crippen molar-refractivity contribution >= 4 is 49.7 Å². The fraction of sp³-hybridized carbons (Fsp3) is 0.125. The van der Waals surface area contributed by atoms with Crippen molar-refractivity contribution in [1.82, 2.24) is 0 Å². The Kier molecular flexibility index (Phi) is 10.6. The molecular formula is C16H14CaO4. The molecule has 0 aromatic heterocycles. The Morgan fingerprint density at radius 3 is 1.19 bits per heavy atom. The average molecular weight is 310 g/mol. The van der Waals surface area contributed by atoms with E-state index in [0.29, 0.717) is 0 Å². The summed E-state index contributed by atoms with van der Waals surface area (Å²) >= 11 is 0. The summed E-state index contributed by atoms with van der Waals surface area (Å²) in [6.45, 7) is 0. The summed E-state index contributed by atoms with van der Waals surface area (Å²) in [6.07, 6.45) is 0.00167. The molecule has 0 bridgehead atoms. The molecule has 0 saturated heterocycles. The summed E-state index contributed by atoms with van der Waals surface area (Å²) in [6, 6.07) is 17.9. The van der Waals surface area contributed by atoms with Gasteiger partial charge in [0.2, 0.25) is 0 Å². The molecule has 4 nitrogen and oxygen atoms in total. The number of carbonyl (C=O) groups is 2. The van der Waals surface area contributed by atoms with Crippen LogP contribution in [0.25, 0.3) is 0 Å². The summed E-state index contributed by atoms with van der Waals surface area (Å²) in [5, 5.41) is 20.1. The monoisotopic (exact) mass is 310 g/mol. The molecule has 0 N–H and O–H groups in total. The molecule has 21 heavy (non-hydrogen) atoms. The van der Waals surface area contributed by atoms with Crippen LogP contribution in [0.3, 0.4) is 0 Å². The Morgan fingerprint density at radius 2 is 0.952 bits per heavy atom. The molecule has 0 aliphatic heterocycles. The fourth-order valence-corrected chi connectivity index (χ4v) is 1.53. The van der Waals surface area contributed by atoms with E-state index < -0.39 is 11.9 Å². The number of carboxylic acid groups (broad SMARTS) is 2. The van der Waals surface area contributed by atoms with Gasteiger partial charge in [-0.05, 0) is 11.1 Å². The smallest absolute Gasteiger partial charge is 0.550 e. The number of hydrogen-bond donors (Lipinski definition) is 0. The van der Waals surface area contributed by atoms with E-state index in [2.05, 4.69) is 0 Å². The van der Waals surface area contributed by atoms with Gasteiger partial charge >= 0.3 is 37.7 Å². The van der Waals surface area contributed by atoms with E-state index in [1.807, 2.05) is 12.1 Å². The van der Waals surface area contributed by atoms with Gasteiger partial charge in [-0.25, -0.2) is 0 Å². The van der Waals surface area contributed by atoms with Gasteiger partial charge in [-0.1, -0.05) is 60.7 Å². The second kappa shape index (κ2) is 11.3. The first-order valence-electron chi connectivity index (χ1n) is 6.05. The van der Waals surface area contributed by atoms with Crippen molar-refractivity contribution in [2.24, 2.45) is 0 Å². The molecule has 5 heteroatoms. The van der Waals surface area contributed by atoms with E-state index in [1.165, 1.54) is 0 Å². The van der Waals surface area contributed by atoms with Gasteiger partial charge in [0.05, 0.1) is 0 Å². The minimum atomic E-state index is -1.04. The van der Waals surface area contributed by atoms with Crippen molar-refractivity contribution in [3.05, 3.63) is 71.8 Å². The zero-order valence-electron chi connectivity index (χ0n) is 11.5. The number of benzene rings is 2. The number of rotatable bonds is 4. The Bertz CT molecular complexity index is 489. The Labute approximate surface area is 153 Å². The molecule has 0 radical (unpaired) electrons. The molecule has 0 amide bonds. The molecule has 0 aliphatic rings. The summed E-state index contributed by atoms with van der Waals surface area (Å²) in [5.74, 6) is -2.07. The molecule has 2 rings (SSSR count). The largest absolute Gasteiger partial charge is 2.00 e. The second-order valence-corrected chi connectivity index (χ2v) is 4.07. The van der Waals surface area contributed by atoms with Gasteiger partial charge in [0.15, 0.2) is 0 Å². The van der Waals surface area contributed by atoms with E-state index in [-0.39, 0.29) is 50.6 Å².